The number of amides is 1. The third kappa shape index (κ3) is 3.49. The molecule has 1 aliphatic rings. The van der Waals surface area contributed by atoms with E-state index >= 15 is 0 Å². The molecule has 7 nitrogen and oxygen atoms in total. The van der Waals surface area contributed by atoms with Gasteiger partial charge in [-0.05, 0) is 18.2 Å². The second-order valence-electron chi connectivity index (χ2n) is 4.84. The number of carbonyl (C=O) groups excluding carboxylic acids is 1. The van der Waals surface area contributed by atoms with Crippen LogP contribution in [0.3, 0.4) is 0 Å². The number of anilines is 1. The van der Waals surface area contributed by atoms with Crippen LogP contribution in [0, 0.1) is 0 Å². The molecule has 23 heavy (non-hydrogen) atoms. The molecule has 0 unspecified atom stereocenters. The molecule has 0 bridgehead atoms. The number of ether oxygens (including phenoxy) is 1. The van der Waals surface area contributed by atoms with E-state index in [1.165, 1.54) is 18.4 Å². The van der Waals surface area contributed by atoms with Crippen LogP contribution in [0.1, 0.15) is 5.76 Å². The fourth-order valence-electron chi connectivity index (χ4n) is 2.13. The SMILES string of the molecule is O=C1COc2cc(S(=O)(=O)NCCc3ccco3)c(Cl)cc2N1. The van der Waals surface area contributed by atoms with E-state index in [0.717, 1.165) is 0 Å². The van der Waals surface area contributed by atoms with Crippen LogP contribution in [0.2, 0.25) is 5.02 Å². The average molecular weight is 357 g/mol. The Morgan fingerprint density at radius 3 is 2.91 bits per heavy atom. The van der Waals surface area contributed by atoms with Crippen LogP contribution >= 0.6 is 11.6 Å². The van der Waals surface area contributed by atoms with E-state index in [1.54, 1.807) is 12.1 Å². The first kappa shape index (κ1) is 15.9. The van der Waals surface area contributed by atoms with Gasteiger partial charge in [0.15, 0.2) is 6.61 Å². The summed E-state index contributed by atoms with van der Waals surface area (Å²) in [5.41, 5.74) is 0.348. The van der Waals surface area contributed by atoms with Crippen molar-refractivity contribution in [2.24, 2.45) is 0 Å². The Balaban J connectivity index is 1.78. The summed E-state index contributed by atoms with van der Waals surface area (Å²) < 4.78 is 37.5. The maximum atomic E-state index is 12.4. The molecule has 0 atom stereocenters. The number of fused-ring (bicyclic) bond motifs is 1. The molecule has 2 N–H and O–H groups in total. The third-order valence-electron chi connectivity index (χ3n) is 3.20. The van der Waals surface area contributed by atoms with Crippen molar-refractivity contribution in [3.63, 3.8) is 0 Å². The fraction of sp³-hybridized carbons (Fsp3) is 0.214. The van der Waals surface area contributed by atoms with Gasteiger partial charge in [0.05, 0.1) is 17.0 Å². The van der Waals surface area contributed by atoms with Crippen molar-refractivity contribution < 1.29 is 22.4 Å². The van der Waals surface area contributed by atoms with E-state index < -0.39 is 10.0 Å². The summed E-state index contributed by atoms with van der Waals surface area (Å²) in [5, 5.41) is 2.57. The van der Waals surface area contributed by atoms with Gasteiger partial charge in [-0.1, -0.05) is 11.6 Å². The lowest BCUT2D eigenvalue weighted by molar-refractivity contribution is -0.118. The highest BCUT2D eigenvalue weighted by molar-refractivity contribution is 7.89. The van der Waals surface area contributed by atoms with Crippen molar-refractivity contribution in [2.75, 3.05) is 18.5 Å². The molecule has 2 aromatic rings. The van der Waals surface area contributed by atoms with Crippen molar-refractivity contribution >= 4 is 33.2 Å². The highest BCUT2D eigenvalue weighted by Gasteiger charge is 2.24. The molecule has 1 amide bonds. The van der Waals surface area contributed by atoms with Gasteiger partial charge >= 0.3 is 0 Å². The minimum absolute atomic E-state index is 0.0000450. The van der Waals surface area contributed by atoms with E-state index in [-0.39, 0.29) is 34.7 Å². The predicted molar refractivity (Wildman–Crippen MR) is 83.2 cm³/mol. The highest BCUT2D eigenvalue weighted by Crippen LogP contribution is 2.35. The van der Waals surface area contributed by atoms with Crippen molar-refractivity contribution in [2.45, 2.75) is 11.3 Å². The Morgan fingerprint density at radius 2 is 2.17 bits per heavy atom. The average Bonchev–Trinajstić information content (AvgIpc) is 2.99. The van der Waals surface area contributed by atoms with E-state index in [0.29, 0.717) is 17.9 Å². The van der Waals surface area contributed by atoms with Crippen LogP contribution in [-0.4, -0.2) is 27.5 Å². The molecule has 0 radical (unpaired) electrons. The number of benzene rings is 1. The van der Waals surface area contributed by atoms with Gasteiger partial charge in [-0.3, -0.25) is 4.79 Å². The van der Waals surface area contributed by atoms with E-state index in [1.807, 2.05) is 0 Å². The molecule has 0 fully saturated rings. The zero-order valence-electron chi connectivity index (χ0n) is 11.8. The minimum Gasteiger partial charge on any atom is -0.482 e. The molecule has 0 aliphatic carbocycles. The molecule has 0 spiro atoms. The monoisotopic (exact) mass is 356 g/mol. The second kappa shape index (κ2) is 6.23. The molecule has 1 aromatic heterocycles. The van der Waals surface area contributed by atoms with Gasteiger partial charge in [0.2, 0.25) is 10.0 Å². The number of carbonyl (C=O) groups is 1. The topological polar surface area (TPSA) is 97.6 Å². The van der Waals surface area contributed by atoms with Gasteiger partial charge in [-0.2, -0.15) is 0 Å². The molecule has 2 heterocycles. The number of hydrogen-bond donors (Lipinski definition) is 2. The lowest BCUT2D eigenvalue weighted by Gasteiger charge is -2.19. The summed E-state index contributed by atoms with van der Waals surface area (Å²) in [4.78, 5) is 11.2. The summed E-state index contributed by atoms with van der Waals surface area (Å²) in [6.07, 6.45) is 1.94. The largest absolute Gasteiger partial charge is 0.482 e. The minimum atomic E-state index is -3.81. The first-order chi connectivity index (χ1) is 11.0. The Labute approximate surface area is 137 Å². The molecule has 1 aromatic carbocycles. The van der Waals surface area contributed by atoms with Crippen LogP contribution < -0.4 is 14.8 Å². The molecule has 122 valence electrons. The van der Waals surface area contributed by atoms with Gasteiger partial charge in [0, 0.05) is 19.0 Å². The van der Waals surface area contributed by atoms with Gasteiger partial charge in [0.1, 0.15) is 16.4 Å². The molecule has 1 aliphatic heterocycles. The quantitative estimate of drug-likeness (QED) is 0.851. The van der Waals surface area contributed by atoms with Crippen LogP contribution in [-0.2, 0) is 21.2 Å². The van der Waals surface area contributed by atoms with Gasteiger partial charge < -0.3 is 14.5 Å². The fourth-order valence-corrected chi connectivity index (χ4v) is 3.70. The number of hydrogen-bond acceptors (Lipinski definition) is 5. The first-order valence-electron chi connectivity index (χ1n) is 6.74. The number of halogens is 1. The van der Waals surface area contributed by atoms with E-state index in [4.69, 9.17) is 20.8 Å². The zero-order valence-corrected chi connectivity index (χ0v) is 13.4. The number of sulfonamides is 1. The molecule has 0 saturated carbocycles. The van der Waals surface area contributed by atoms with Crippen LogP contribution in [0.25, 0.3) is 0 Å². The normalized spacial score (nSPS) is 14.0. The summed E-state index contributed by atoms with van der Waals surface area (Å²) >= 11 is 6.03. The Bertz CT molecular complexity index is 833. The Kier molecular flexibility index (Phi) is 4.29. The standard InChI is InChI=1S/C14H13ClN2O5S/c15-10-6-11-12(22-8-14(18)17-11)7-13(10)23(19,20)16-4-3-9-2-1-5-21-9/h1-2,5-7,16H,3-4,8H2,(H,17,18). The first-order valence-corrected chi connectivity index (χ1v) is 8.60. The zero-order chi connectivity index (χ0) is 16.4. The molecule has 0 saturated heterocycles. The second-order valence-corrected chi connectivity index (χ2v) is 6.99. The summed E-state index contributed by atoms with van der Waals surface area (Å²) in [7, 11) is -3.81. The van der Waals surface area contributed by atoms with Crippen LogP contribution in [0.5, 0.6) is 5.75 Å². The molecule has 9 heteroatoms. The lowest BCUT2D eigenvalue weighted by Crippen LogP contribution is -2.28. The molecular weight excluding hydrogens is 344 g/mol. The van der Waals surface area contributed by atoms with Gasteiger partial charge in [-0.15, -0.1) is 0 Å². The Morgan fingerprint density at radius 1 is 1.35 bits per heavy atom. The summed E-state index contributed by atoms with van der Waals surface area (Å²) in [5.74, 6) is 0.622. The maximum Gasteiger partial charge on any atom is 0.262 e. The highest BCUT2D eigenvalue weighted by atomic mass is 35.5. The number of furan rings is 1. The molecular formula is C14H13ClN2O5S. The van der Waals surface area contributed by atoms with Crippen molar-refractivity contribution in [1.29, 1.82) is 0 Å². The lowest BCUT2D eigenvalue weighted by atomic mass is 10.2. The van der Waals surface area contributed by atoms with Gasteiger partial charge in [-0.25, -0.2) is 13.1 Å². The van der Waals surface area contributed by atoms with E-state index in [2.05, 4.69) is 10.0 Å². The third-order valence-corrected chi connectivity index (χ3v) is 5.13. The number of rotatable bonds is 5. The van der Waals surface area contributed by atoms with Gasteiger partial charge in [0.25, 0.3) is 5.91 Å². The maximum absolute atomic E-state index is 12.4. The van der Waals surface area contributed by atoms with Crippen LogP contribution in [0.15, 0.2) is 39.8 Å². The van der Waals surface area contributed by atoms with Crippen molar-refractivity contribution in [3.05, 3.63) is 41.3 Å². The van der Waals surface area contributed by atoms with Crippen LogP contribution in [0.4, 0.5) is 5.69 Å². The Hall–Kier alpha value is -2.03. The smallest absolute Gasteiger partial charge is 0.262 e. The van der Waals surface area contributed by atoms with Crippen molar-refractivity contribution in [1.82, 2.24) is 4.72 Å². The van der Waals surface area contributed by atoms with Crippen molar-refractivity contribution in [3.8, 4) is 5.75 Å². The summed E-state index contributed by atoms with van der Waals surface area (Å²) in [6.45, 7) is 0.000888. The predicted octanol–water partition coefficient (Wildman–Crippen LogP) is 1.78. The summed E-state index contributed by atoms with van der Waals surface area (Å²) in [6, 6.07) is 6.15. The molecule has 3 rings (SSSR count). The van der Waals surface area contributed by atoms with E-state index in [9.17, 15) is 13.2 Å². The number of nitrogens with one attached hydrogen (secondary N) is 2.